The Hall–Kier alpha value is -1.35. The van der Waals surface area contributed by atoms with Gasteiger partial charge in [-0.1, -0.05) is 19.1 Å². The molecule has 0 aromatic heterocycles. The Morgan fingerprint density at radius 1 is 1.50 bits per heavy atom. The molecule has 1 aliphatic rings. The van der Waals surface area contributed by atoms with Gasteiger partial charge in [-0.15, -0.1) is 0 Å². The van der Waals surface area contributed by atoms with Crippen molar-refractivity contribution in [2.24, 2.45) is 0 Å². The van der Waals surface area contributed by atoms with Crippen molar-refractivity contribution in [3.05, 3.63) is 29.3 Å². The van der Waals surface area contributed by atoms with Crippen LogP contribution in [-0.4, -0.2) is 13.0 Å². The van der Waals surface area contributed by atoms with Crippen molar-refractivity contribution < 1.29 is 4.79 Å². The van der Waals surface area contributed by atoms with Crippen molar-refractivity contribution >= 4 is 11.6 Å². The van der Waals surface area contributed by atoms with Gasteiger partial charge in [0.2, 0.25) is 5.91 Å². The summed E-state index contributed by atoms with van der Waals surface area (Å²) in [5, 5.41) is 1.61. The number of aryl methyl sites for hydroxylation is 1. The smallest absolute Gasteiger partial charge is 0.245 e. The summed E-state index contributed by atoms with van der Waals surface area (Å²) >= 11 is 0. The number of hydrogen-bond donors (Lipinski definition) is 1. The maximum absolute atomic E-state index is 11.5. The van der Waals surface area contributed by atoms with E-state index in [1.54, 1.807) is 12.1 Å². The average molecular weight is 190 g/mol. The zero-order chi connectivity index (χ0) is 10.1. The number of nitrogens with one attached hydrogen (secondary N) is 1. The van der Waals surface area contributed by atoms with Crippen LogP contribution in [0, 0.1) is 0 Å². The van der Waals surface area contributed by atoms with Crippen LogP contribution in [0.3, 0.4) is 0 Å². The molecule has 0 atom stereocenters. The van der Waals surface area contributed by atoms with E-state index in [0.29, 0.717) is 6.42 Å². The number of rotatable bonds is 2. The molecule has 3 heteroatoms. The van der Waals surface area contributed by atoms with Crippen LogP contribution in [0.15, 0.2) is 18.2 Å². The fraction of sp³-hybridized carbons (Fsp3) is 0.364. The van der Waals surface area contributed by atoms with Gasteiger partial charge >= 0.3 is 0 Å². The highest BCUT2D eigenvalue weighted by Crippen LogP contribution is 2.28. The summed E-state index contributed by atoms with van der Waals surface area (Å²) in [4.78, 5) is 11.5. The Balaban J connectivity index is 2.42. The number of carbonyl (C=O) groups is 1. The maximum Gasteiger partial charge on any atom is 0.245 e. The molecule has 1 aromatic rings. The van der Waals surface area contributed by atoms with E-state index in [1.807, 2.05) is 6.07 Å². The van der Waals surface area contributed by atoms with Gasteiger partial charge in [0.05, 0.1) is 12.1 Å². The van der Waals surface area contributed by atoms with E-state index in [9.17, 15) is 4.79 Å². The summed E-state index contributed by atoms with van der Waals surface area (Å²) in [5.41, 5.74) is 6.30. The summed E-state index contributed by atoms with van der Waals surface area (Å²) in [6.45, 7) is 2.12. The minimum Gasteiger partial charge on any atom is -0.273 e. The second-order valence-electron chi connectivity index (χ2n) is 3.45. The predicted octanol–water partition coefficient (Wildman–Crippen LogP) is 1.27. The Labute approximate surface area is 83.7 Å². The van der Waals surface area contributed by atoms with Crippen molar-refractivity contribution in [2.45, 2.75) is 19.8 Å². The van der Waals surface area contributed by atoms with Crippen LogP contribution in [-0.2, 0) is 17.6 Å². The summed E-state index contributed by atoms with van der Waals surface area (Å²) in [5.74, 6) is 0.121. The number of benzene rings is 1. The summed E-state index contributed by atoms with van der Waals surface area (Å²) in [7, 11) is 1.76. The number of nitrogens with zero attached hydrogens (tertiary/aromatic N) is 1. The van der Waals surface area contributed by atoms with Crippen LogP contribution in [0.25, 0.3) is 0 Å². The number of carbonyl (C=O) groups excluding carboxylic acids is 1. The topological polar surface area (TPSA) is 32.3 Å². The standard InChI is InChI=1S/C11H14N2O/c1-3-8-4-5-10-9(6-8)7-11(14)13(10)12-2/h4-6,12H,3,7H2,1-2H3. The molecular formula is C11H14N2O. The third-order valence-corrected chi connectivity index (χ3v) is 2.61. The van der Waals surface area contributed by atoms with E-state index in [1.165, 1.54) is 5.56 Å². The van der Waals surface area contributed by atoms with Gasteiger partial charge < -0.3 is 0 Å². The first kappa shape index (κ1) is 9.21. The molecular weight excluding hydrogens is 176 g/mol. The molecule has 1 aliphatic heterocycles. The highest BCUT2D eigenvalue weighted by Gasteiger charge is 2.25. The van der Waals surface area contributed by atoms with Crippen molar-refractivity contribution in [2.75, 3.05) is 12.1 Å². The quantitative estimate of drug-likeness (QED) is 0.761. The van der Waals surface area contributed by atoms with E-state index < -0.39 is 0 Å². The molecule has 1 N–H and O–H groups in total. The second kappa shape index (κ2) is 3.42. The first-order chi connectivity index (χ1) is 6.76. The molecule has 1 amide bonds. The van der Waals surface area contributed by atoms with E-state index in [2.05, 4.69) is 24.5 Å². The Kier molecular flexibility index (Phi) is 2.25. The molecule has 0 spiro atoms. The molecule has 0 unspecified atom stereocenters. The molecule has 74 valence electrons. The van der Waals surface area contributed by atoms with Gasteiger partial charge in [-0.3, -0.25) is 4.79 Å². The SMILES string of the molecule is CCc1ccc2c(c1)CC(=O)N2NC. The molecule has 1 aromatic carbocycles. The minimum atomic E-state index is 0.121. The van der Waals surface area contributed by atoms with Gasteiger partial charge in [-0.25, -0.2) is 10.4 Å². The molecule has 2 rings (SSSR count). The summed E-state index contributed by atoms with van der Waals surface area (Å²) in [6.07, 6.45) is 1.53. The lowest BCUT2D eigenvalue weighted by Crippen LogP contribution is -2.37. The zero-order valence-electron chi connectivity index (χ0n) is 8.50. The lowest BCUT2D eigenvalue weighted by atomic mass is 10.1. The number of anilines is 1. The van der Waals surface area contributed by atoms with Crippen molar-refractivity contribution in [1.29, 1.82) is 0 Å². The normalized spacial score (nSPS) is 14.7. The van der Waals surface area contributed by atoms with Crippen LogP contribution in [0.2, 0.25) is 0 Å². The number of hydrogen-bond acceptors (Lipinski definition) is 2. The van der Waals surface area contributed by atoms with E-state index in [-0.39, 0.29) is 5.91 Å². The number of fused-ring (bicyclic) bond motifs is 1. The molecule has 3 nitrogen and oxygen atoms in total. The zero-order valence-corrected chi connectivity index (χ0v) is 8.50. The molecule has 14 heavy (non-hydrogen) atoms. The summed E-state index contributed by atoms with van der Waals surface area (Å²) < 4.78 is 0. The van der Waals surface area contributed by atoms with E-state index >= 15 is 0 Å². The lowest BCUT2D eigenvalue weighted by Gasteiger charge is -2.15. The predicted molar refractivity (Wildman–Crippen MR) is 56.1 cm³/mol. The van der Waals surface area contributed by atoms with Gasteiger partial charge in [0.1, 0.15) is 0 Å². The molecule has 1 heterocycles. The van der Waals surface area contributed by atoms with Crippen LogP contribution in [0.1, 0.15) is 18.1 Å². The lowest BCUT2D eigenvalue weighted by molar-refractivity contribution is -0.117. The first-order valence-corrected chi connectivity index (χ1v) is 4.88. The Morgan fingerprint density at radius 2 is 2.29 bits per heavy atom. The Morgan fingerprint density at radius 3 is 2.93 bits per heavy atom. The van der Waals surface area contributed by atoms with Crippen LogP contribution in [0.5, 0.6) is 0 Å². The van der Waals surface area contributed by atoms with E-state index in [0.717, 1.165) is 17.7 Å². The monoisotopic (exact) mass is 190 g/mol. The molecule has 0 fully saturated rings. The van der Waals surface area contributed by atoms with E-state index in [4.69, 9.17) is 0 Å². The highest BCUT2D eigenvalue weighted by molar-refractivity contribution is 6.00. The van der Waals surface area contributed by atoms with Crippen molar-refractivity contribution in [3.8, 4) is 0 Å². The highest BCUT2D eigenvalue weighted by atomic mass is 16.2. The fourth-order valence-corrected chi connectivity index (χ4v) is 1.84. The Bertz CT molecular complexity index is 374. The van der Waals surface area contributed by atoms with Crippen LogP contribution >= 0.6 is 0 Å². The molecule has 0 saturated heterocycles. The fourth-order valence-electron chi connectivity index (χ4n) is 1.84. The minimum absolute atomic E-state index is 0.121. The van der Waals surface area contributed by atoms with Gasteiger partial charge in [0.15, 0.2) is 0 Å². The van der Waals surface area contributed by atoms with Gasteiger partial charge in [-0.2, -0.15) is 0 Å². The summed E-state index contributed by atoms with van der Waals surface area (Å²) in [6, 6.07) is 6.20. The first-order valence-electron chi connectivity index (χ1n) is 4.88. The second-order valence-corrected chi connectivity index (χ2v) is 3.45. The molecule has 0 aliphatic carbocycles. The van der Waals surface area contributed by atoms with Gasteiger partial charge in [0.25, 0.3) is 0 Å². The third-order valence-electron chi connectivity index (χ3n) is 2.61. The molecule has 0 saturated carbocycles. The average Bonchev–Trinajstić information content (AvgIpc) is 2.51. The number of amides is 1. The third kappa shape index (κ3) is 1.30. The molecule has 0 radical (unpaired) electrons. The van der Waals surface area contributed by atoms with Gasteiger partial charge in [-0.05, 0) is 23.6 Å². The van der Waals surface area contributed by atoms with Crippen LogP contribution < -0.4 is 10.4 Å². The number of hydrazine groups is 1. The van der Waals surface area contributed by atoms with Crippen LogP contribution in [0.4, 0.5) is 5.69 Å². The molecule has 0 bridgehead atoms. The van der Waals surface area contributed by atoms with Crippen molar-refractivity contribution in [3.63, 3.8) is 0 Å². The van der Waals surface area contributed by atoms with Crippen molar-refractivity contribution in [1.82, 2.24) is 5.43 Å². The largest absolute Gasteiger partial charge is 0.273 e. The maximum atomic E-state index is 11.5. The van der Waals surface area contributed by atoms with Gasteiger partial charge in [0, 0.05) is 7.05 Å².